The number of hydrogen-bond donors (Lipinski definition) is 1. The Bertz CT molecular complexity index is 671. The maximum Gasteiger partial charge on any atom is 0.248 e. The molecule has 2 amide bonds. The highest BCUT2D eigenvalue weighted by atomic mass is 16.3. The van der Waals surface area contributed by atoms with Crippen LogP contribution in [-0.4, -0.2) is 58.0 Å². The number of piperidine rings is 1. The second-order valence-corrected chi connectivity index (χ2v) is 8.08. The Labute approximate surface area is 155 Å². The summed E-state index contributed by atoms with van der Waals surface area (Å²) < 4.78 is 0. The number of nitrogens with zero attached hydrogens (tertiary/aromatic N) is 2. The highest BCUT2D eigenvalue weighted by Gasteiger charge is 2.54. The number of likely N-dealkylation sites (tertiary alicyclic amines) is 2. The number of hydrogen-bond acceptors (Lipinski definition) is 3. The Kier molecular flexibility index (Phi) is 4.74. The van der Waals surface area contributed by atoms with Gasteiger partial charge in [0.25, 0.3) is 0 Å². The minimum absolute atomic E-state index is 0.0889. The molecule has 1 atom stereocenters. The van der Waals surface area contributed by atoms with Crippen LogP contribution in [0.2, 0.25) is 0 Å². The van der Waals surface area contributed by atoms with Gasteiger partial charge in [-0.25, -0.2) is 0 Å². The molecule has 0 radical (unpaired) electrons. The van der Waals surface area contributed by atoms with Crippen LogP contribution in [-0.2, 0) is 16.0 Å². The number of amides is 2. The molecule has 1 aromatic rings. The summed E-state index contributed by atoms with van der Waals surface area (Å²) in [4.78, 5) is 30.1. The molecule has 4 rings (SSSR count). The molecule has 2 saturated heterocycles. The van der Waals surface area contributed by atoms with Gasteiger partial charge in [-0.2, -0.15) is 0 Å². The number of rotatable bonds is 4. The maximum atomic E-state index is 13.4. The van der Waals surface area contributed by atoms with Gasteiger partial charge in [0.2, 0.25) is 11.8 Å². The Morgan fingerprint density at radius 3 is 2.50 bits per heavy atom. The molecule has 1 spiro atoms. The summed E-state index contributed by atoms with van der Waals surface area (Å²) in [5.74, 6) is 0.143. The first-order valence-electron chi connectivity index (χ1n) is 9.93. The summed E-state index contributed by atoms with van der Waals surface area (Å²) in [6.07, 6.45) is 5.05. The molecule has 3 aliphatic rings. The van der Waals surface area contributed by atoms with Crippen LogP contribution in [0.3, 0.4) is 0 Å². The van der Waals surface area contributed by atoms with E-state index in [1.807, 2.05) is 28.0 Å². The largest absolute Gasteiger partial charge is 0.393 e. The first-order valence-corrected chi connectivity index (χ1v) is 9.93. The van der Waals surface area contributed by atoms with E-state index in [1.165, 1.54) is 5.56 Å². The van der Waals surface area contributed by atoms with E-state index in [9.17, 15) is 14.7 Å². The van der Waals surface area contributed by atoms with Gasteiger partial charge >= 0.3 is 0 Å². The standard InChI is InChI=1S/C21H28N2O3/c24-18-14-17(15-18)19(25)23-12-5-10-21(23)9-4-11-22(20(21)26)13-8-16-6-2-1-3-7-16/h1-3,6-7,17-18,24H,4-5,8-15H2. The first-order chi connectivity index (χ1) is 12.6. The average molecular weight is 356 g/mol. The summed E-state index contributed by atoms with van der Waals surface area (Å²) in [7, 11) is 0. The normalized spacial score (nSPS) is 31.3. The number of aliphatic hydroxyl groups is 1. The molecule has 0 aromatic heterocycles. The van der Waals surface area contributed by atoms with Gasteiger partial charge in [-0.15, -0.1) is 0 Å². The monoisotopic (exact) mass is 356 g/mol. The molecule has 5 nitrogen and oxygen atoms in total. The Morgan fingerprint density at radius 1 is 1.12 bits per heavy atom. The van der Waals surface area contributed by atoms with Crippen LogP contribution in [0, 0.1) is 5.92 Å². The minimum atomic E-state index is -0.618. The first kappa shape index (κ1) is 17.5. The van der Waals surface area contributed by atoms with Crippen molar-refractivity contribution in [2.45, 2.75) is 56.6 Å². The summed E-state index contributed by atoms with van der Waals surface area (Å²) in [5, 5.41) is 9.54. The smallest absolute Gasteiger partial charge is 0.248 e. The third-order valence-corrected chi connectivity index (χ3v) is 6.43. The predicted octanol–water partition coefficient (Wildman–Crippen LogP) is 1.98. The van der Waals surface area contributed by atoms with Crippen LogP contribution < -0.4 is 0 Å². The van der Waals surface area contributed by atoms with E-state index in [1.54, 1.807) is 0 Å². The molecule has 1 unspecified atom stereocenters. The van der Waals surface area contributed by atoms with Crippen molar-refractivity contribution in [1.29, 1.82) is 0 Å². The lowest BCUT2D eigenvalue weighted by molar-refractivity contribution is -0.160. The van der Waals surface area contributed by atoms with Gasteiger partial charge in [-0.1, -0.05) is 30.3 Å². The molecule has 3 fully saturated rings. The SMILES string of the molecule is O=C(C1CC(O)C1)N1CCCC12CCCN(CCc1ccccc1)C2=O. The van der Waals surface area contributed by atoms with E-state index in [0.717, 1.165) is 45.2 Å². The van der Waals surface area contributed by atoms with Crippen LogP contribution in [0.1, 0.15) is 44.1 Å². The number of aliphatic hydroxyl groups excluding tert-OH is 1. The lowest BCUT2D eigenvalue weighted by Gasteiger charge is -2.46. The molecular weight excluding hydrogens is 328 g/mol. The molecule has 2 aliphatic heterocycles. The topological polar surface area (TPSA) is 60.9 Å². The van der Waals surface area contributed by atoms with Crippen molar-refractivity contribution in [3.05, 3.63) is 35.9 Å². The van der Waals surface area contributed by atoms with Crippen LogP contribution in [0.25, 0.3) is 0 Å². The molecule has 1 aliphatic carbocycles. The minimum Gasteiger partial charge on any atom is -0.393 e. The Hall–Kier alpha value is -1.88. The Morgan fingerprint density at radius 2 is 1.81 bits per heavy atom. The van der Waals surface area contributed by atoms with Crippen LogP contribution in [0.15, 0.2) is 30.3 Å². The fourth-order valence-electron chi connectivity index (χ4n) is 4.88. The van der Waals surface area contributed by atoms with Crippen LogP contribution >= 0.6 is 0 Å². The van der Waals surface area contributed by atoms with E-state index in [4.69, 9.17) is 0 Å². The summed E-state index contributed by atoms with van der Waals surface area (Å²) in [6, 6.07) is 10.2. The van der Waals surface area contributed by atoms with Crippen molar-refractivity contribution in [3.63, 3.8) is 0 Å². The zero-order valence-corrected chi connectivity index (χ0v) is 15.3. The van der Waals surface area contributed by atoms with E-state index >= 15 is 0 Å². The second kappa shape index (κ2) is 7.03. The summed E-state index contributed by atoms with van der Waals surface area (Å²) >= 11 is 0. The average Bonchev–Trinajstić information content (AvgIpc) is 3.05. The third kappa shape index (κ3) is 3.02. The van der Waals surface area contributed by atoms with Gasteiger partial charge in [0.15, 0.2) is 0 Å². The highest BCUT2D eigenvalue weighted by molar-refractivity contribution is 5.93. The van der Waals surface area contributed by atoms with Crippen molar-refractivity contribution >= 4 is 11.8 Å². The van der Waals surface area contributed by atoms with Crippen molar-refractivity contribution in [3.8, 4) is 0 Å². The van der Waals surface area contributed by atoms with Gasteiger partial charge < -0.3 is 14.9 Å². The third-order valence-electron chi connectivity index (χ3n) is 6.43. The van der Waals surface area contributed by atoms with Gasteiger partial charge in [0.1, 0.15) is 5.54 Å². The molecule has 1 aromatic carbocycles. The molecule has 5 heteroatoms. The van der Waals surface area contributed by atoms with Crippen LogP contribution in [0.4, 0.5) is 0 Å². The van der Waals surface area contributed by atoms with Gasteiger partial charge in [0, 0.05) is 25.6 Å². The molecule has 26 heavy (non-hydrogen) atoms. The lowest BCUT2D eigenvalue weighted by atomic mass is 9.79. The number of carbonyl (C=O) groups excluding carboxylic acids is 2. The lowest BCUT2D eigenvalue weighted by Crippen LogP contribution is -2.63. The predicted molar refractivity (Wildman–Crippen MR) is 98.4 cm³/mol. The molecule has 140 valence electrons. The summed E-state index contributed by atoms with van der Waals surface area (Å²) in [6.45, 7) is 2.19. The van der Waals surface area contributed by atoms with E-state index < -0.39 is 5.54 Å². The number of benzene rings is 1. The molecule has 0 bridgehead atoms. The second-order valence-electron chi connectivity index (χ2n) is 8.08. The quantitative estimate of drug-likeness (QED) is 0.897. The Balaban J connectivity index is 1.46. The van der Waals surface area contributed by atoms with Crippen molar-refractivity contribution in [1.82, 2.24) is 9.80 Å². The fraction of sp³-hybridized carbons (Fsp3) is 0.619. The van der Waals surface area contributed by atoms with E-state index in [0.29, 0.717) is 19.4 Å². The van der Waals surface area contributed by atoms with Gasteiger partial charge in [-0.05, 0) is 50.5 Å². The molecule has 2 heterocycles. The molecule has 1 N–H and O–H groups in total. The van der Waals surface area contributed by atoms with Crippen molar-refractivity contribution in [2.75, 3.05) is 19.6 Å². The molecule has 1 saturated carbocycles. The van der Waals surface area contributed by atoms with Crippen molar-refractivity contribution in [2.24, 2.45) is 5.92 Å². The molecular formula is C21H28N2O3. The van der Waals surface area contributed by atoms with Gasteiger partial charge in [0.05, 0.1) is 6.10 Å². The van der Waals surface area contributed by atoms with E-state index in [-0.39, 0.29) is 23.8 Å². The van der Waals surface area contributed by atoms with E-state index in [2.05, 4.69) is 12.1 Å². The van der Waals surface area contributed by atoms with Crippen molar-refractivity contribution < 1.29 is 14.7 Å². The van der Waals surface area contributed by atoms with Crippen LogP contribution in [0.5, 0.6) is 0 Å². The highest BCUT2D eigenvalue weighted by Crippen LogP contribution is 2.41. The zero-order chi connectivity index (χ0) is 18.1. The fourth-order valence-corrected chi connectivity index (χ4v) is 4.88. The summed E-state index contributed by atoms with van der Waals surface area (Å²) in [5.41, 5.74) is 0.620. The number of carbonyl (C=O) groups is 2. The maximum absolute atomic E-state index is 13.4. The van der Waals surface area contributed by atoms with Gasteiger partial charge in [-0.3, -0.25) is 9.59 Å². The zero-order valence-electron chi connectivity index (χ0n) is 15.3.